The lowest BCUT2D eigenvalue weighted by molar-refractivity contribution is -0.120. The summed E-state index contributed by atoms with van der Waals surface area (Å²) in [5.74, 6) is 0.523. The van der Waals surface area contributed by atoms with Crippen LogP contribution in [0.4, 0.5) is 0 Å². The van der Waals surface area contributed by atoms with Crippen molar-refractivity contribution in [1.29, 1.82) is 0 Å². The standard InChI is InChI=1S/C15H14BrN3O/c1-2-5-12-15(20)19-14(18-12)13-10(16)8-9-6-3-4-7-11(9)17-13/h3-4,6-8,12H,2,5H2,1H3,(H,18,19,20). The smallest absolute Gasteiger partial charge is 0.250 e. The molecule has 1 aromatic carbocycles. The number of nitrogens with one attached hydrogen (secondary N) is 1. The van der Waals surface area contributed by atoms with Gasteiger partial charge in [0.25, 0.3) is 0 Å². The Bertz CT molecular complexity index is 711. The molecule has 1 amide bonds. The molecule has 0 spiro atoms. The van der Waals surface area contributed by atoms with Gasteiger partial charge in [-0.25, -0.2) is 4.98 Å². The highest BCUT2D eigenvalue weighted by atomic mass is 79.9. The Kier molecular flexibility index (Phi) is 3.53. The van der Waals surface area contributed by atoms with Gasteiger partial charge in [0.05, 0.1) is 5.52 Å². The molecule has 0 aliphatic carbocycles. The average Bonchev–Trinajstić information content (AvgIpc) is 2.80. The number of carbonyl (C=O) groups is 1. The fourth-order valence-corrected chi connectivity index (χ4v) is 2.82. The van der Waals surface area contributed by atoms with E-state index in [1.165, 1.54) is 0 Å². The van der Waals surface area contributed by atoms with Gasteiger partial charge in [-0.1, -0.05) is 31.5 Å². The number of nitrogens with zero attached hydrogens (tertiary/aromatic N) is 2. The first-order valence-corrected chi connectivity index (χ1v) is 7.42. The summed E-state index contributed by atoms with van der Waals surface area (Å²) in [6, 6.07) is 9.59. The van der Waals surface area contributed by atoms with Gasteiger partial charge in [0, 0.05) is 9.86 Å². The number of pyridine rings is 1. The first-order chi connectivity index (χ1) is 9.69. The zero-order chi connectivity index (χ0) is 14.1. The quantitative estimate of drug-likeness (QED) is 0.939. The maximum atomic E-state index is 11.9. The van der Waals surface area contributed by atoms with Gasteiger partial charge in [-0.2, -0.15) is 0 Å². The number of aliphatic imine (C=N–C) groups is 1. The molecule has 3 rings (SSSR count). The van der Waals surface area contributed by atoms with E-state index in [9.17, 15) is 4.79 Å². The number of hydrogen-bond acceptors (Lipinski definition) is 3. The van der Waals surface area contributed by atoms with E-state index in [1.54, 1.807) is 0 Å². The monoisotopic (exact) mass is 331 g/mol. The van der Waals surface area contributed by atoms with Gasteiger partial charge in [-0.3, -0.25) is 9.79 Å². The van der Waals surface area contributed by atoms with Crippen molar-refractivity contribution in [2.75, 3.05) is 0 Å². The van der Waals surface area contributed by atoms with E-state index in [4.69, 9.17) is 0 Å². The predicted octanol–water partition coefficient (Wildman–Crippen LogP) is 3.04. The third kappa shape index (κ3) is 2.33. The van der Waals surface area contributed by atoms with E-state index in [1.807, 2.05) is 37.3 Å². The van der Waals surface area contributed by atoms with Crippen LogP contribution in [0.25, 0.3) is 10.9 Å². The summed E-state index contributed by atoms with van der Waals surface area (Å²) in [5, 5.41) is 3.88. The largest absolute Gasteiger partial charge is 0.307 e. The third-order valence-corrected chi connectivity index (χ3v) is 3.90. The number of amides is 1. The van der Waals surface area contributed by atoms with Crippen LogP contribution in [0.2, 0.25) is 0 Å². The Labute approximate surface area is 125 Å². The lowest BCUT2D eigenvalue weighted by atomic mass is 10.2. The van der Waals surface area contributed by atoms with Gasteiger partial charge in [0.1, 0.15) is 11.7 Å². The molecule has 5 heteroatoms. The number of benzene rings is 1. The van der Waals surface area contributed by atoms with Gasteiger partial charge in [0.2, 0.25) is 5.91 Å². The molecule has 1 N–H and O–H groups in total. The topological polar surface area (TPSA) is 54.4 Å². The highest BCUT2D eigenvalue weighted by molar-refractivity contribution is 9.10. The zero-order valence-electron chi connectivity index (χ0n) is 11.1. The van der Waals surface area contributed by atoms with Crippen molar-refractivity contribution in [3.8, 4) is 0 Å². The Morgan fingerprint density at radius 1 is 1.35 bits per heavy atom. The molecule has 0 radical (unpaired) electrons. The lowest BCUT2D eigenvalue weighted by Gasteiger charge is -2.05. The maximum absolute atomic E-state index is 11.9. The Morgan fingerprint density at radius 3 is 2.95 bits per heavy atom. The minimum Gasteiger partial charge on any atom is -0.307 e. The average molecular weight is 332 g/mol. The van der Waals surface area contributed by atoms with E-state index in [-0.39, 0.29) is 11.9 Å². The van der Waals surface area contributed by atoms with Crippen LogP contribution in [0, 0.1) is 0 Å². The van der Waals surface area contributed by atoms with Crippen molar-refractivity contribution in [1.82, 2.24) is 10.3 Å². The minimum absolute atomic E-state index is 0.0382. The SMILES string of the molecule is CCCC1N=C(c2nc3ccccc3cc2Br)NC1=O. The van der Waals surface area contributed by atoms with Crippen LogP contribution in [-0.4, -0.2) is 22.8 Å². The van der Waals surface area contributed by atoms with Gasteiger partial charge in [0.15, 0.2) is 5.84 Å². The molecule has 0 saturated carbocycles. The molecule has 1 atom stereocenters. The Hall–Kier alpha value is -1.75. The number of halogens is 1. The summed E-state index contributed by atoms with van der Waals surface area (Å²) in [5.41, 5.74) is 1.58. The predicted molar refractivity (Wildman–Crippen MR) is 82.8 cm³/mol. The van der Waals surface area contributed by atoms with Crippen molar-refractivity contribution < 1.29 is 4.79 Å². The number of para-hydroxylation sites is 1. The summed E-state index contributed by atoms with van der Waals surface area (Å²) < 4.78 is 0.840. The van der Waals surface area contributed by atoms with Gasteiger partial charge in [-0.05, 0) is 34.5 Å². The zero-order valence-corrected chi connectivity index (χ0v) is 12.6. The van der Waals surface area contributed by atoms with E-state index >= 15 is 0 Å². The number of carbonyl (C=O) groups excluding carboxylic acids is 1. The molecule has 1 unspecified atom stereocenters. The molecule has 1 aliphatic rings. The Balaban J connectivity index is 2.04. The highest BCUT2D eigenvalue weighted by Crippen LogP contribution is 2.23. The van der Waals surface area contributed by atoms with E-state index in [0.29, 0.717) is 11.5 Å². The van der Waals surface area contributed by atoms with Crippen molar-refractivity contribution in [3.63, 3.8) is 0 Å². The summed E-state index contributed by atoms with van der Waals surface area (Å²) in [6.45, 7) is 2.05. The number of amidine groups is 1. The van der Waals surface area contributed by atoms with Crippen LogP contribution in [0.15, 0.2) is 39.8 Å². The molecule has 102 valence electrons. The van der Waals surface area contributed by atoms with E-state index in [0.717, 1.165) is 28.2 Å². The molecule has 2 aromatic rings. The van der Waals surface area contributed by atoms with E-state index < -0.39 is 0 Å². The Morgan fingerprint density at radius 2 is 2.15 bits per heavy atom. The minimum atomic E-state index is -0.282. The number of fused-ring (bicyclic) bond motifs is 1. The van der Waals surface area contributed by atoms with Crippen molar-refractivity contribution in [3.05, 3.63) is 40.5 Å². The van der Waals surface area contributed by atoms with Crippen LogP contribution >= 0.6 is 15.9 Å². The molecule has 0 bridgehead atoms. The summed E-state index contributed by atoms with van der Waals surface area (Å²) in [6.07, 6.45) is 1.70. The van der Waals surface area contributed by atoms with Gasteiger partial charge >= 0.3 is 0 Å². The van der Waals surface area contributed by atoms with E-state index in [2.05, 4.69) is 31.2 Å². The van der Waals surface area contributed by atoms with Crippen molar-refractivity contribution in [2.45, 2.75) is 25.8 Å². The first-order valence-electron chi connectivity index (χ1n) is 6.63. The van der Waals surface area contributed by atoms with Gasteiger partial charge in [-0.15, -0.1) is 0 Å². The number of hydrogen-bond donors (Lipinski definition) is 1. The third-order valence-electron chi connectivity index (χ3n) is 3.29. The molecular formula is C15H14BrN3O. The number of aromatic nitrogens is 1. The van der Waals surface area contributed by atoms with Crippen LogP contribution in [0.5, 0.6) is 0 Å². The van der Waals surface area contributed by atoms with Crippen LogP contribution in [-0.2, 0) is 4.79 Å². The molecule has 4 nitrogen and oxygen atoms in total. The lowest BCUT2D eigenvalue weighted by Crippen LogP contribution is -2.29. The normalized spacial score (nSPS) is 18.2. The van der Waals surface area contributed by atoms with Crippen LogP contribution < -0.4 is 5.32 Å². The summed E-state index contributed by atoms with van der Waals surface area (Å²) in [4.78, 5) is 20.9. The maximum Gasteiger partial charge on any atom is 0.250 e. The first kappa shape index (κ1) is 13.2. The number of rotatable bonds is 3. The fraction of sp³-hybridized carbons (Fsp3) is 0.267. The molecule has 0 saturated heterocycles. The highest BCUT2D eigenvalue weighted by Gasteiger charge is 2.27. The van der Waals surface area contributed by atoms with Crippen molar-refractivity contribution in [2.24, 2.45) is 4.99 Å². The van der Waals surface area contributed by atoms with Crippen LogP contribution in [0.3, 0.4) is 0 Å². The molecular weight excluding hydrogens is 318 g/mol. The molecule has 1 aliphatic heterocycles. The molecule has 1 aromatic heterocycles. The fourth-order valence-electron chi connectivity index (χ4n) is 2.29. The second kappa shape index (κ2) is 5.32. The molecule has 20 heavy (non-hydrogen) atoms. The molecule has 0 fully saturated rings. The van der Waals surface area contributed by atoms with Crippen molar-refractivity contribution >= 4 is 38.6 Å². The second-order valence-corrected chi connectivity index (χ2v) is 5.64. The second-order valence-electron chi connectivity index (χ2n) is 4.78. The molecule has 2 heterocycles. The van der Waals surface area contributed by atoms with Gasteiger partial charge < -0.3 is 5.32 Å². The summed E-state index contributed by atoms with van der Waals surface area (Å²) >= 11 is 3.51. The summed E-state index contributed by atoms with van der Waals surface area (Å²) in [7, 11) is 0. The van der Waals surface area contributed by atoms with Crippen LogP contribution in [0.1, 0.15) is 25.5 Å².